The summed E-state index contributed by atoms with van der Waals surface area (Å²) in [7, 11) is 0. The zero-order valence-electron chi connectivity index (χ0n) is 21.6. The van der Waals surface area contributed by atoms with Gasteiger partial charge in [0.05, 0.1) is 30.7 Å². The van der Waals surface area contributed by atoms with Gasteiger partial charge in [-0.25, -0.2) is 0 Å². The molecule has 0 spiro atoms. The minimum Gasteiger partial charge on any atom is -0.490 e. The van der Waals surface area contributed by atoms with E-state index in [0.717, 1.165) is 44.1 Å². The van der Waals surface area contributed by atoms with Gasteiger partial charge >= 0.3 is 5.97 Å². The topological polar surface area (TPSA) is 99.9 Å². The van der Waals surface area contributed by atoms with Crippen molar-refractivity contribution in [1.82, 2.24) is 0 Å². The third-order valence-corrected chi connectivity index (χ3v) is 8.34. The predicted molar refractivity (Wildman–Crippen MR) is 145 cm³/mol. The number of rotatable bonds is 4. The lowest BCUT2D eigenvalue weighted by Gasteiger charge is -2.41. The van der Waals surface area contributed by atoms with Crippen molar-refractivity contribution in [2.45, 2.75) is 55.9 Å². The molecule has 2 heterocycles. The fourth-order valence-corrected chi connectivity index (χ4v) is 6.35. The molecule has 0 unspecified atom stereocenters. The van der Waals surface area contributed by atoms with Gasteiger partial charge in [-0.05, 0) is 59.9 Å². The van der Waals surface area contributed by atoms with Gasteiger partial charge in [0.2, 0.25) is 0 Å². The first-order valence-corrected chi connectivity index (χ1v) is 13.6. The van der Waals surface area contributed by atoms with Crippen LogP contribution in [0, 0.1) is 11.3 Å². The van der Waals surface area contributed by atoms with Gasteiger partial charge in [-0.15, -0.1) is 0 Å². The van der Waals surface area contributed by atoms with Gasteiger partial charge in [-0.2, -0.15) is 5.26 Å². The van der Waals surface area contributed by atoms with Crippen LogP contribution in [0.25, 0.3) is 0 Å². The maximum Gasteiger partial charge on any atom is 0.313 e. The summed E-state index contributed by atoms with van der Waals surface area (Å²) in [6.45, 7) is 1.04. The van der Waals surface area contributed by atoms with E-state index in [2.05, 4.69) is 6.07 Å². The lowest BCUT2D eigenvalue weighted by molar-refractivity contribution is -0.139. The lowest BCUT2D eigenvalue weighted by Crippen LogP contribution is -2.45. The zero-order chi connectivity index (χ0) is 27.0. The minimum absolute atomic E-state index is 0.263. The molecular formula is C32H30N2O5. The summed E-state index contributed by atoms with van der Waals surface area (Å²) in [5.41, 5.74) is 2.53. The summed E-state index contributed by atoms with van der Waals surface area (Å²) in [5, 5.41) is 20.6. The van der Waals surface area contributed by atoms with Crippen molar-refractivity contribution in [1.29, 1.82) is 5.26 Å². The van der Waals surface area contributed by atoms with Crippen molar-refractivity contribution < 1.29 is 24.2 Å². The van der Waals surface area contributed by atoms with Crippen LogP contribution in [0.5, 0.6) is 11.5 Å². The molecule has 0 radical (unpaired) electrons. The largest absolute Gasteiger partial charge is 0.490 e. The molecule has 0 saturated heterocycles. The van der Waals surface area contributed by atoms with Gasteiger partial charge < -0.3 is 14.6 Å². The summed E-state index contributed by atoms with van der Waals surface area (Å²) in [6.07, 6.45) is 5.56. The summed E-state index contributed by atoms with van der Waals surface area (Å²) in [5.74, 6) is -1.12. The number of hydrogen-bond acceptors (Lipinski definition) is 5. The highest BCUT2D eigenvalue weighted by Gasteiger charge is 2.45. The Morgan fingerprint density at radius 1 is 0.923 bits per heavy atom. The molecule has 39 heavy (non-hydrogen) atoms. The number of amides is 1. The van der Waals surface area contributed by atoms with Crippen LogP contribution in [0.15, 0.2) is 66.7 Å². The average Bonchev–Trinajstić information content (AvgIpc) is 3.22. The molecule has 3 aliphatic rings. The monoisotopic (exact) mass is 522 g/mol. The SMILES string of the molecule is N#CC1(c2ccc(N3C(=O)c4ccccc4[C@@H](C(=O)O)[C@@H]3c3ccc4c(c3)OCCCO4)cc2)CCCCC1. The van der Waals surface area contributed by atoms with Crippen molar-refractivity contribution in [2.75, 3.05) is 18.1 Å². The van der Waals surface area contributed by atoms with Crippen LogP contribution in [0.1, 0.15) is 77.5 Å². The Morgan fingerprint density at radius 3 is 2.36 bits per heavy atom. The van der Waals surface area contributed by atoms with Crippen molar-refractivity contribution in [3.8, 4) is 17.6 Å². The molecule has 1 fully saturated rings. The van der Waals surface area contributed by atoms with E-state index in [4.69, 9.17) is 9.47 Å². The molecule has 198 valence electrons. The van der Waals surface area contributed by atoms with Crippen LogP contribution in [0.3, 0.4) is 0 Å². The fraction of sp³-hybridized carbons (Fsp3) is 0.344. The summed E-state index contributed by atoms with van der Waals surface area (Å²) in [4.78, 5) is 28.5. The maximum atomic E-state index is 14.0. The number of fused-ring (bicyclic) bond motifs is 2. The van der Waals surface area contributed by atoms with Crippen molar-refractivity contribution in [2.24, 2.45) is 0 Å². The highest BCUT2D eigenvalue weighted by molar-refractivity contribution is 6.11. The van der Waals surface area contributed by atoms with Crippen molar-refractivity contribution in [3.05, 3.63) is 89.0 Å². The third-order valence-electron chi connectivity index (χ3n) is 8.34. The number of benzene rings is 3. The summed E-state index contributed by atoms with van der Waals surface area (Å²) < 4.78 is 11.7. The molecular weight excluding hydrogens is 492 g/mol. The Balaban J connectivity index is 1.48. The molecule has 0 bridgehead atoms. The van der Waals surface area contributed by atoms with Crippen LogP contribution in [-0.4, -0.2) is 30.2 Å². The number of hydrogen-bond donors (Lipinski definition) is 1. The lowest BCUT2D eigenvalue weighted by atomic mass is 9.70. The molecule has 7 nitrogen and oxygen atoms in total. The second kappa shape index (κ2) is 10.1. The van der Waals surface area contributed by atoms with Gasteiger partial charge in [0, 0.05) is 17.7 Å². The number of anilines is 1. The van der Waals surface area contributed by atoms with Crippen LogP contribution in [0.4, 0.5) is 5.69 Å². The number of carboxylic acids is 1. The van der Waals surface area contributed by atoms with E-state index < -0.39 is 23.3 Å². The molecule has 2 aliphatic heterocycles. The van der Waals surface area contributed by atoms with Gasteiger partial charge in [0.1, 0.15) is 5.92 Å². The van der Waals surface area contributed by atoms with Crippen molar-refractivity contribution in [3.63, 3.8) is 0 Å². The molecule has 1 amide bonds. The Morgan fingerprint density at radius 2 is 1.64 bits per heavy atom. The molecule has 0 aromatic heterocycles. The number of ether oxygens (including phenoxy) is 2. The van der Waals surface area contributed by atoms with Crippen LogP contribution in [-0.2, 0) is 10.2 Å². The summed E-state index contributed by atoms with van der Waals surface area (Å²) >= 11 is 0. The van der Waals surface area contributed by atoms with E-state index in [1.54, 1.807) is 41.3 Å². The van der Waals surface area contributed by atoms with E-state index in [1.165, 1.54) is 0 Å². The summed E-state index contributed by atoms with van der Waals surface area (Å²) in [6, 6.07) is 21.7. The Labute approximate surface area is 227 Å². The maximum absolute atomic E-state index is 14.0. The molecule has 1 saturated carbocycles. The number of carboxylic acid groups (broad SMARTS) is 1. The molecule has 2 atom stereocenters. The van der Waals surface area contributed by atoms with Crippen LogP contribution < -0.4 is 14.4 Å². The van der Waals surface area contributed by atoms with E-state index >= 15 is 0 Å². The smallest absolute Gasteiger partial charge is 0.313 e. The van der Waals surface area contributed by atoms with E-state index in [-0.39, 0.29) is 5.91 Å². The standard InChI is InChI=1S/C32H30N2O5/c33-20-32(15-4-1-5-16-32)22-10-12-23(13-11-22)34-29(21-9-14-26-27(19-21)39-18-6-17-38-26)28(31(36)37)24-7-2-3-8-25(24)30(34)35/h2-3,7-14,19,28-29H,1,4-6,15-18H2,(H,36,37)/t28-,29+/m1/s1. The first-order chi connectivity index (χ1) is 19.0. The van der Waals surface area contributed by atoms with Crippen LogP contribution in [0.2, 0.25) is 0 Å². The number of carbonyl (C=O) groups is 2. The van der Waals surface area contributed by atoms with Gasteiger partial charge in [0.15, 0.2) is 11.5 Å². The number of nitrogens with zero attached hydrogens (tertiary/aromatic N) is 2. The predicted octanol–water partition coefficient (Wildman–Crippen LogP) is 6.14. The number of carbonyl (C=O) groups excluding carboxylic acids is 1. The second-order valence-corrected chi connectivity index (χ2v) is 10.6. The highest BCUT2D eigenvalue weighted by Crippen LogP contribution is 2.47. The van der Waals surface area contributed by atoms with E-state index in [0.29, 0.717) is 47.1 Å². The highest BCUT2D eigenvalue weighted by atomic mass is 16.5. The van der Waals surface area contributed by atoms with Gasteiger partial charge in [0.25, 0.3) is 5.91 Å². The Bertz CT molecular complexity index is 1450. The zero-order valence-corrected chi connectivity index (χ0v) is 21.6. The Kier molecular flexibility index (Phi) is 6.48. The van der Waals surface area contributed by atoms with E-state index in [1.807, 2.05) is 30.3 Å². The molecule has 6 rings (SSSR count). The first kappa shape index (κ1) is 25.0. The third kappa shape index (κ3) is 4.30. The van der Waals surface area contributed by atoms with Crippen LogP contribution >= 0.6 is 0 Å². The second-order valence-electron chi connectivity index (χ2n) is 10.6. The molecule has 3 aromatic carbocycles. The van der Waals surface area contributed by atoms with Gasteiger partial charge in [-0.1, -0.05) is 55.7 Å². The molecule has 3 aromatic rings. The molecule has 1 aliphatic carbocycles. The quantitative estimate of drug-likeness (QED) is 0.442. The Hall–Kier alpha value is -4.31. The number of nitriles is 1. The first-order valence-electron chi connectivity index (χ1n) is 13.6. The number of aliphatic carboxylic acids is 1. The van der Waals surface area contributed by atoms with Crippen molar-refractivity contribution >= 4 is 17.6 Å². The molecule has 7 heteroatoms. The normalized spacial score (nSPS) is 21.8. The average molecular weight is 523 g/mol. The molecule has 1 N–H and O–H groups in total. The minimum atomic E-state index is -1.01. The fourth-order valence-electron chi connectivity index (χ4n) is 6.35. The van der Waals surface area contributed by atoms with Gasteiger partial charge in [-0.3, -0.25) is 14.5 Å². The van der Waals surface area contributed by atoms with E-state index in [9.17, 15) is 20.0 Å².